The van der Waals surface area contributed by atoms with E-state index in [2.05, 4.69) is 10.6 Å². The van der Waals surface area contributed by atoms with E-state index in [0.717, 1.165) is 0 Å². The van der Waals surface area contributed by atoms with Crippen LogP contribution in [0.3, 0.4) is 0 Å². The van der Waals surface area contributed by atoms with Gasteiger partial charge in [-0.1, -0.05) is 6.07 Å². The Morgan fingerprint density at radius 1 is 1.32 bits per heavy atom. The van der Waals surface area contributed by atoms with Crippen LogP contribution in [-0.4, -0.2) is 67.8 Å². The summed E-state index contributed by atoms with van der Waals surface area (Å²) in [6, 6.07) is 4.41. The normalized spacial score (nSPS) is 23.6. The standard InChI is InChI=1S/C18H25N3O7/c1-9(18(26)27)28-8-7-19-11-4-2-3-10-14(11)17(25)21(16(10)24)12-5-6-13(22)20-15(12)23/h2-4,9,12-13,15,19-20,22-25H,5-8H2,1H3,(H,26,27). The van der Waals surface area contributed by atoms with Gasteiger partial charge in [0.15, 0.2) is 6.10 Å². The van der Waals surface area contributed by atoms with Crippen molar-refractivity contribution in [3.8, 4) is 11.8 Å². The van der Waals surface area contributed by atoms with Crippen molar-refractivity contribution in [3.63, 3.8) is 0 Å². The van der Waals surface area contributed by atoms with E-state index < -0.39 is 30.6 Å². The molecule has 0 bridgehead atoms. The molecule has 154 valence electrons. The first-order valence-corrected chi connectivity index (χ1v) is 9.06. The molecule has 10 nitrogen and oxygen atoms in total. The predicted molar refractivity (Wildman–Crippen MR) is 100 cm³/mol. The lowest BCUT2D eigenvalue weighted by Gasteiger charge is -2.33. The number of aliphatic carboxylic acids is 1. The first-order valence-electron chi connectivity index (χ1n) is 9.06. The molecule has 0 amide bonds. The van der Waals surface area contributed by atoms with Gasteiger partial charge in [0.25, 0.3) is 0 Å². The van der Waals surface area contributed by atoms with Gasteiger partial charge in [0.1, 0.15) is 12.5 Å². The van der Waals surface area contributed by atoms with E-state index in [9.17, 15) is 25.2 Å². The van der Waals surface area contributed by atoms with Crippen molar-refractivity contribution in [3.05, 3.63) is 18.2 Å². The van der Waals surface area contributed by atoms with Crippen molar-refractivity contribution in [2.45, 2.75) is 44.4 Å². The number of hydrogen-bond donors (Lipinski definition) is 7. The van der Waals surface area contributed by atoms with Crippen molar-refractivity contribution in [1.29, 1.82) is 0 Å². The number of aromatic nitrogens is 1. The summed E-state index contributed by atoms with van der Waals surface area (Å²) in [5.74, 6) is -1.45. The molecule has 0 radical (unpaired) electrons. The number of piperidine rings is 1. The average Bonchev–Trinajstić information content (AvgIpc) is 2.90. The molecule has 4 unspecified atom stereocenters. The topological polar surface area (TPSA) is 156 Å². The summed E-state index contributed by atoms with van der Waals surface area (Å²) in [5.41, 5.74) is 0.536. The molecule has 1 aromatic heterocycles. The molecule has 3 rings (SSSR count). The Labute approximate surface area is 161 Å². The number of aliphatic hydroxyl groups excluding tert-OH is 2. The van der Waals surface area contributed by atoms with Crippen molar-refractivity contribution in [2.24, 2.45) is 0 Å². The van der Waals surface area contributed by atoms with Gasteiger partial charge in [-0.2, -0.15) is 0 Å². The second-order valence-electron chi connectivity index (χ2n) is 6.80. The van der Waals surface area contributed by atoms with Gasteiger partial charge in [-0.25, -0.2) is 4.79 Å². The lowest BCUT2D eigenvalue weighted by Crippen LogP contribution is -2.47. The number of carbonyl (C=O) groups is 1. The Morgan fingerprint density at radius 2 is 2.07 bits per heavy atom. The highest BCUT2D eigenvalue weighted by molar-refractivity contribution is 6.02. The third-order valence-electron chi connectivity index (χ3n) is 4.91. The van der Waals surface area contributed by atoms with E-state index in [-0.39, 0.29) is 18.4 Å². The summed E-state index contributed by atoms with van der Waals surface area (Å²) in [5, 5.41) is 56.4. The molecular weight excluding hydrogens is 370 g/mol. The molecule has 1 fully saturated rings. The van der Waals surface area contributed by atoms with E-state index in [4.69, 9.17) is 9.84 Å². The van der Waals surface area contributed by atoms with Crippen LogP contribution in [0.1, 0.15) is 25.8 Å². The number of ether oxygens (including phenoxy) is 1. The molecule has 0 saturated carbocycles. The van der Waals surface area contributed by atoms with Gasteiger partial charge >= 0.3 is 5.97 Å². The number of rotatable bonds is 7. The van der Waals surface area contributed by atoms with Crippen LogP contribution in [0.15, 0.2) is 18.2 Å². The number of carboxylic acid groups (broad SMARTS) is 1. The summed E-state index contributed by atoms with van der Waals surface area (Å²) >= 11 is 0. The fourth-order valence-corrected chi connectivity index (χ4v) is 3.43. The van der Waals surface area contributed by atoms with Crippen LogP contribution in [-0.2, 0) is 9.53 Å². The second-order valence-corrected chi connectivity index (χ2v) is 6.80. The highest BCUT2D eigenvalue weighted by Gasteiger charge is 2.33. The Balaban J connectivity index is 1.83. The zero-order valence-electron chi connectivity index (χ0n) is 15.4. The minimum absolute atomic E-state index is 0.139. The zero-order valence-corrected chi connectivity index (χ0v) is 15.4. The fourth-order valence-electron chi connectivity index (χ4n) is 3.43. The van der Waals surface area contributed by atoms with Crippen LogP contribution in [0.4, 0.5) is 5.69 Å². The monoisotopic (exact) mass is 395 g/mol. The number of nitrogens with zero attached hydrogens (tertiary/aromatic N) is 1. The lowest BCUT2D eigenvalue weighted by molar-refractivity contribution is -0.148. The van der Waals surface area contributed by atoms with Crippen molar-refractivity contribution in [1.82, 2.24) is 9.88 Å². The largest absolute Gasteiger partial charge is 0.494 e. The molecule has 10 heteroatoms. The molecule has 1 saturated heterocycles. The number of anilines is 1. The van der Waals surface area contributed by atoms with E-state index in [0.29, 0.717) is 35.8 Å². The number of aromatic hydroxyl groups is 2. The van der Waals surface area contributed by atoms with E-state index in [1.165, 1.54) is 11.5 Å². The first-order chi connectivity index (χ1) is 13.3. The van der Waals surface area contributed by atoms with Gasteiger partial charge in [0, 0.05) is 17.6 Å². The summed E-state index contributed by atoms with van der Waals surface area (Å²) in [7, 11) is 0. The van der Waals surface area contributed by atoms with E-state index in [1.54, 1.807) is 18.2 Å². The van der Waals surface area contributed by atoms with E-state index >= 15 is 0 Å². The minimum atomic E-state index is -1.13. The van der Waals surface area contributed by atoms with Crippen LogP contribution >= 0.6 is 0 Å². The Bertz CT molecular complexity index is 853. The first kappa shape index (κ1) is 20.2. The maximum absolute atomic E-state index is 10.8. The average molecular weight is 395 g/mol. The van der Waals surface area contributed by atoms with Gasteiger partial charge in [0.05, 0.1) is 18.0 Å². The van der Waals surface area contributed by atoms with Crippen LogP contribution in [0, 0.1) is 0 Å². The molecule has 0 spiro atoms. The Kier molecular flexibility index (Phi) is 5.94. The van der Waals surface area contributed by atoms with Crippen molar-refractivity contribution in [2.75, 3.05) is 18.5 Å². The number of nitrogens with one attached hydrogen (secondary N) is 2. The molecule has 28 heavy (non-hydrogen) atoms. The number of aliphatic hydroxyl groups is 2. The van der Waals surface area contributed by atoms with Crippen molar-refractivity contribution < 1.29 is 35.1 Å². The quantitative estimate of drug-likeness (QED) is 0.332. The van der Waals surface area contributed by atoms with E-state index in [1.807, 2.05) is 0 Å². The van der Waals surface area contributed by atoms with Crippen LogP contribution in [0.2, 0.25) is 0 Å². The van der Waals surface area contributed by atoms with Crippen LogP contribution < -0.4 is 10.6 Å². The molecule has 2 aromatic rings. The Morgan fingerprint density at radius 3 is 2.75 bits per heavy atom. The van der Waals surface area contributed by atoms with Crippen molar-refractivity contribution >= 4 is 22.4 Å². The molecule has 1 aromatic carbocycles. The molecule has 1 aliphatic heterocycles. The maximum atomic E-state index is 10.8. The molecular formula is C18H25N3O7. The van der Waals surface area contributed by atoms with Gasteiger partial charge in [0.2, 0.25) is 11.8 Å². The molecule has 1 aliphatic rings. The fraction of sp³-hybridized carbons (Fsp3) is 0.500. The molecule has 4 atom stereocenters. The van der Waals surface area contributed by atoms with Gasteiger partial charge < -0.3 is 35.6 Å². The zero-order chi connectivity index (χ0) is 20.4. The van der Waals surface area contributed by atoms with Gasteiger partial charge in [-0.3, -0.25) is 9.88 Å². The number of fused-ring (bicyclic) bond motifs is 1. The van der Waals surface area contributed by atoms with Crippen LogP contribution in [0.5, 0.6) is 11.8 Å². The predicted octanol–water partition coefficient (Wildman–Crippen LogP) is 0.515. The second kappa shape index (κ2) is 8.23. The highest BCUT2D eigenvalue weighted by atomic mass is 16.5. The van der Waals surface area contributed by atoms with Crippen LogP contribution in [0.25, 0.3) is 10.8 Å². The number of carboxylic acids is 1. The molecule has 2 heterocycles. The smallest absolute Gasteiger partial charge is 0.332 e. The summed E-state index contributed by atoms with van der Waals surface area (Å²) in [6.45, 7) is 1.87. The van der Waals surface area contributed by atoms with Gasteiger partial charge in [-0.15, -0.1) is 0 Å². The lowest BCUT2D eigenvalue weighted by atomic mass is 10.0. The Hall–Kier alpha value is -2.53. The minimum Gasteiger partial charge on any atom is -0.494 e. The SMILES string of the molecule is CC(OCCNc1cccc2c(O)n(C3CCC(O)NC3O)c(O)c12)C(=O)O. The maximum Gasteiger partial charge on any atom is 0.332 e. The third-order valence-corrected chi connectivity index (χ3v) is 4.91. The molecule has 0 aliphatic carbocycles. The number of hydrogen-bond acceptors (Lipinski definition) is 8. The highest BCUT2D eigenvalue weighted by Crippen LogP contribution is 2.44. The summed E-state index contributed by atoms with van der Waals surface area (Å²) in [4.78, 5) is 10.8. The third kappa shape index (κ3) is 3.85. The molecule has 7 N–H and O–H groups in total. The summed E-state index contributed by atoms with van der Waals surface area (Å²) in [6.07, 6.45) is -2.18. The number of benzene rings is 1. The van der Waals surface area contributed by atoms with Gasteiger partial charge in [-0.05, 0) is 31.9 Å². The summed E-state index contributed by atoms with van der Waals surface area (Å²) < 4.78 is 6.42.